The van der Waals surface area contributed by atoms with Crippen molar-refractivity contribution in [2.24, 2.45) is 5.73 Å². The Balaban J connectivity index is 2.39. The molecule has 0 amide bonds. The molecule has 0 heterocycles. The number of hydrogen-bond acceptors (Lipinski definition) is 3. The maximum Gasteiger partial charge on any atom is 0.313 e. The number of carbonyl (C=O) groups excluding carboxylic acids is 1. The SMILES string of the molecule is COC(=O)[C@@H]1C[C@H](N)c2ccccc21. The molecule has 0 saturated heterocycles. The number of benzene rings is 1. The van der Waals surface area contributed by atoms with E-state index in [0.717, 1.165) is 11.1 Å². The van der Waals surface area contributed by atoms with Crippen LogP contribution in [0.15, 0.2) is 24.3 Å². The molecular weight excluding hydrogens is 178 g/mol. The van der Waals surface area contributed by atoms with Crippen molar-refractivity contribution in [3.8, 4) is 0 Å². The van der Waals surface area contributed by atoms with Crippen molar-refractivity contribution in [2.45, 2.75) is 18.4 Å². The van der Waals surface area contributed by atoms with Gasteiger partial charge in [0.25, 0.3) is 0 Å². The molecule has 74 valence electrons. The summed E-state index contributed by atoms with van der Waals surface area (Å²) < 4.78 is 4.74. The average molecular weight is 191 g/mol. The van der Waals surface area contributed by atoms with Gasteiger partial charge in [-0.3, -0.25) is 4.79 Å². The number of carbonyl (C=O) groups is 1. The van der Waals surface area contributed by atoms with Crippen LogP contribution >= 0.6 is 0 Å². The second-order valence-electron chi connectivity index (χ2n) is 3.55. The Hall–Kier alpha value is -1.35. The van der Waals surface area contributed by atoms with Gasteiger partial charge in [-0.15, -0.1) is 0 Å². The first-order valence-corrected chi connectivity index (χ1v) is 4.66. The highest BCUT2D eigenvalue weighted by Gasteiger charge is 2.33. The van der Waals surface area contributed by atoms with E-state index >= 15 is 0 Å². The molecule has 1 aromatic carbocycles. The quantitative estimate of drug-likeness (QED) is 0.681. The fraction of sp³-hybridized carbons (Fsp3) is 0.364. The molecule has 0 spiro atoms. The van der Waals surface area contributed by atoms with Gasteiger partial charge in [-0.05, 0) is 17.5 Å². The third-order valence-electron chi connectivity index (χ3n) is 2.75. The van der Waals surface area contributed by atoms with Gasteiger partial charge >= 0.3 is 5.97 Å². The van der Waals surface area contributed by atoms with Crippen LogP contribution in [0, 0.1) is 0 Å². The normalized spacial score (nSPS) is 24.4. The minimum atomic E-state index is -0.189. The summed E-state index contributed by atoms with van der Waals surface area (Å²) in [6, 6.07) is 7.76. The molecule has 0 saturated carbocycles. The largest absolute Gasteiger partial charge is 0.469 e. The van der Waals surface area contributed by atoms with E-state index in [1.165, 1.54) is 7.11 Å². The number of hydrogen-bond donors (Lipinski definition) is 1. The second kappa shape index (κ2) is 3.42. The lowest BCUT2D eigenvalue weighted by Crippen LogP contribution is -2.12. The van der Waals surface area contributed by atoms with Crippen molar-refractivity contribution >= 4 is 5.97 Å². The van der Waals surface area contributed by atoms with Crippen LogP contribution in [0.1, 0.15) is 29.5 Å². The van der Waals surface area contributed by atoms with Crippen LogP contribution in [0.2, 0.25) is 0 Å². The van der Waals surface area contributed by atoms with E-state index in [0.29, 0.717) is 6.42 Å². The van der Waals surface area contributed by atoms with Gasteiger partial charge in [-0.25, -0.2) is 0 Å². The summed E-state index contributed by atoms with van der Waals surface area (Å²) in [6.45, 7) is 0. The van der Waals surface area contributed by atoms with Gasteiger partial charge in [-0.1, -0.05) is 24.3 Å². The van der Waals surface area contributed by atoms with E-state index < -0.39 is 0 Å². The molecule has 14 heavy (non-hydrogen) atoms. The molecule has 0 bridgehead atoms. The Labute approximate surface area is 82.9 Å². The first-order chi connectivity index (χ1) is 6.74. The van der Waals surface area contributed by atoms with Gasteiger partial charge in [-0.2, -0.15) is 0 Å². The van der Waals surface area contributed by atoms with Crippen molar-refractivity contribution in [3.05, 3.63) is 35.4 Å². The summed E-state index contributed by atoms with van der Waals surface area (Å²) in [5, 5.41) is 0. The molecule has 2 N–H and O–H groups in total. The summed E-state index contributed by atoms with van der Waals surface area (Å²) in [4.78, 5) is 11.4. The van der Waals surface area contributed by atoms with E-state index in [-0.39, 0.29) is 17.9 Å². The van der Waals surface area contributed by atoms with Crippen LogP contribution in [-0.2, 0) is 9.53 Å². The van der Waals surface area contributed by atoms with Gasteiger partial charge in [0.15, 0.2) is 0 Å². The smallest absolute Gasteiger partial charge is 0.313 e. The molecule has 3 nitrogen and oxygen atoms in total. The number of methoxy groups -OCH3 is 1. The van der Waals surface area contributed by atoms with Gasteiger partial charge in [0, 0.05) is 6.04 Å². The molecule has 0 radical (unpaired) electrons. The fourth-order valence-electron chi connectivity index (χ4n) is 2.04. The van der Waals surface area contributed by atoms with E-state index in [9.17, 15) is 4.79 Å². The van der Waals surface area contributed by atoms with Gasteiger partial charge in [0.1, 0.15) is 0 Å². The minimum Gasteiger partial charge on any atom is -0.469 e. The summed E-state index contributed by atoms with van der Waals surface area (Å²) >= 11 is 0. The topological polar surface area (TPSA) is 52.3 Å². The van der Waals surface area contributed by atoms with Crippen molar-refractivity contribution in [1.82, 2.24) is 0 Å². The van der Waals surface area contributed by atoms with Crippen molar-refractivity contribution in [1.29, 1.82) is 0 Å². The predicted octanol–water partition coefficient (Wildman–Crippen LogP) is 1.35. The molecule has 2 atom stereocenters. The van der Waals surface area contributed by atoms with Gasteiger partial charge in [0.2, 0.25) is 0 Å². The second-order valence-corrected chi connectivity index (χ2v) is 3.55. The molecule has 1 aromatic rings. The lowest BCUT2D eigenvalue weighted by Gasteiger charge is -2.07. The van der Waals surface area contributed by atoms with E-state index in [4.69, 9.17) is 10.5 Å². The molecule has 3 heteroatoms. The lowest BCUT2D eigenvalue weighted by atomic mass is 10.0. The van der Waals surface area contributed by atoms with E-state index in [1.54, 1.807) is 0 Å². The molecular formula is C11H13NO2. The van der Waals surface area contributed by atoms with Crippen molar-refractivity contribution in [2.75, 3.05) is 7.11 Å². The zero-order chi connectivity index (χ0) is 10.1. The molecule has 1 aliphatic rings. The number of nitrogens with two attached hydrogens (primary N) is 1. The van der Waals surface area contributed by atoms with Crippen molar-refractivity contribution < 1.29 is 9.53 Å². The Morgan fingerprint density at radius 2 is 2.07 bits per heavy atom. The maximum absolute atomic E-state index is 11.4. The van der Waals surface area contributed by atoms with Crippen LogP contribution in [0.4, 0.5) is 0 Å². The molecule has 1 aliphatic carbocycles. The summed E-state index contributed by atoms with van der Waals surface area (Å²) in [5.74, 6) is -0.364. The minimum absolute atomic E-state index is 0.0321. The van der Waals surface area contributed by atoms with Crippen LogP contribution in [0.5, 0.6) is 0 Å². The Bertz CT molecular complexity index is 362. The molecule has 0 aliphatic heterocycles. The molecule has 0 fully saturated rings. The summed E-state index contributed by atoms with van der Waals surface area (Å²) in [7, 11) is 1.41. The standard InChI is InChI=1S/C11H13NO2/c1-14-11(13)9-6-10(12)8-5-3-2-4-7(8)9/h2-5,9-10H,6,12H2,1H3/t9-,10+/m1/s1. The molecule has 0 aromatic heterocycles. The molecule has 0 unspecified atom stereocenters. The fourth-order valence-corrected chi connectivity index (χ4v) is 2.04. The van der Waals surface area contributed by atoms with Crippen molar-refractivity contribution in [3.63, 3.8) is 0 Å². The predicted molar refractivity (Wildman–Crippen MR) is 52.7 cm³/mol. The highest BCUT2D eigenvalue weighted by molar-refractivity contribution is 5.80. The number of esters is 1. The zero-order valence-electron chi connectivity index (χ0n) is 8.07. The highest BCUT2D eigenvalue weighted by atomic mass is 16.5. The monoisotopic (exact) mass is 191 g/mol. The highest BCUT2D eigenvalue weighted by Crippen LogP contribution is 2.39. The summed E-state index contributed by atoms with van der Waals surface area (Å²) in [6.07, 6.45) is 0.659. The van der Waals surface area contributed by atoms with E-state index in [1.807, 2.05) is 24.3 Å². The Morgan fingerprint density at radius 3 is 2.71 bits per heavy atom. The van der Waals surface area contributed by atoms with Crippen LogP contribution in [0.25, 0.3) is 0 Å². The van der Waals surface area contributed by atoms with Gasteiger partial charge < -0.3 is 10.5 Å². The van der Waals surface area contributed by atoms with E-state index in [2.05, 4.69) is 0 Å². The average Bonchev–Trinajstić information content (AvgIpc) is 2.56. The number of ether oxygens (including phenoxy) is 1. The first kappa shape index (κ1) is 9.21. The first-order valence-electron chi connectivity index (χ1n) is 4.66. The van der Waals surface area contributed by atoms with Crippen LogP contribution in [0.3, 0.4) is 0 Å². The van der Waals surface area contributed by atoms with Gasteiger partial charge in [0.05, 0.1) is 13.0 Å². The third kappa shape index (κ3) is 1.30. The molecule has 2 rings (SSSR count). The maximum atomic E-state index is 11.4. The number of rotatable bonds is 1. The Morgan fingerprint density at radius 1 is 1.43 bits per heavy atom. The summed E-state index contributed by atoms with van der Waals surface area (Å²) in [5.41, 5.74) is 8.01. The zero-order valence-corrected chi connectivity index (χ0v) is 8.07. The third-order valence-corrected chi connectivity index (χ3v) is 2.75. The van der Waals surface area contributed by atoms with Crippen LogP contribution < -0.4 is 5.73 Å². The Kier molecular flexibility index (Phi) is 2.25. The lowest BCUT2D eigenvalue weighted by molar-refractivity contribution is -0.142. The van der Waals surface area contributed by atoms with Crippen LogP contribution in [-0.4, -0.2) is 13.1 Å². The number of fused-ring (bicyclic) bond motifs is 1.